The van der Waals surface area contributed by atoms with Gasteiger partial charge in [-0.1, -0.05) is 54.6 Å². The van der Waals surface area contributed by atoms with Crippen LogP contribution in [0.1, 0.15) is 23.1 Å². The molecule has 1 unspecified atom stereocenters. The number of nitrogens with zero attached hydrogens (tertiary/aromatic N) is 4. The van der Waals surface area contributed by atoms with Crippen LogP contribution in [0.3, 0.4) is 0 Å². The lowest BCUT2D eigenvalue weighted by Gasteiger charge is -2.22. The minimum absolute atomic E-state index is 0. The van der Waals surface area contributed by atoms with Crippen LogP contribution >= 0.6 is 24.0 Å². The molecule has 0 saturated carbocycles. The molecular weight excluding hydrogens is 485 g/mol. The summed E-state index contributed by atoms with van der Waals surface area (Å²) in [7, 11) is 1.88. The molecule has 0 amide bonds. The van der Waals surface area contributed by atoms with E-state index >= 15 is 0 Å². The predicted molar refractivity (Wildman–Crippen MR) is 133 cm³/mol. The van der Waals surface area contributed by atoms with E-state index in [1.165, 1.54) is 23.1 Å². The highest BCUT2D eigenvalue weighted by molar-refractivity contribution is 14.0. The Balaban J connectivity index is 0.00000256. The summed E-state index contributed by atoms with van der Waals surface area (Å²) in [5, 5.41) is 3.54. The normalized spacial score (nSPS) is 16.4. The molecule has 0 radical (unpaired) electrons. The van der Waals surface area contributed by atoms with Gasteiger partial charge in [0.1, 0.15) is 0 Å². The van der Waals surface area contributed by atoms with E-state index in [4.69, 9.17) is 0 Å². The van der Waals surface area contributed by atoms with Gasteiger partial charge in [0.05, 0.1) is 6.33 Å². The van der Waals surface area contributed by atoms with E-state index in [2.05, 4.69) is 79.4 Å². The van der Waals surface area contributed by atoms with E-state index in [1.807, 2.05) is 25.8 Å². The van der Waals surface area contributed by atoms with Crippen molar-refractivity contribution in [2.45, 2.75) is 25.9 Å². The second-order valence-corrected chi connectivity index (χ2v) is 7.74. The molecule has 158 valence electrons. The smallest absolute Gasteiger partial charge is 0.193 e. The molecule has 4 rings (SSSR count). The largest absolute Gasteiger partial charge is 0.352 e. The topological polar surface area (TPSA) is 45.5 Å². The van der Waals surface area contributed by atoms with Gasteiger partial charge in [0.15, 0.2) is 5.96 Å². The molecule has 1 saturated heterocycles. The highest BCUT2D eigenvalue weighted by Crippen LogP contribution is 2.21. The Morgan fingerprint density at radius 1 is 1.07 bits per heavy atom. The van der Waals surface area contributed by atoms with Crippen LogP contribution < -0.4 is 5.32 Å². The summed E-state index contributed by atoms with van der Waals surface area (Å²) in [6.45, 7) is 3.78. The maximum Gasteiger partial charge on any atom is 0.193 e. The van der Waals surface area contributed by atoms with E-state index in [-0.39, 0.29) is 24.0 Å². The first kappa shape index (κ1) is 22.3. The predicted octanol–water partition coefficient (Wildman–Crippen LogP) is 4.19. The number of hydrogen-bond donors (Lipinski definition) is 1. The molecule has 1 atom stereocenters. The molecule has 30 heavy (non-hydrogen) atoms. The molecular formula is C24H30IN5. The summed E-state index contributed by atoms with van der Waals surface area (Å²) < 4.78 is 2.08. The summed E-state index contributed by atoms with van der Waals surface area (Å²) >= 11 is 0. The van der Waals surface area contributed by atoms with Gasteiger partial charge >= 0.3 is 0 Å². The molecule has 0 bridgehead atoms. The van der Waals surface area contributed by atoms with Crippen LogP contribution in [0.5, 0.6) is 0 Å². The summed E-state index contributed by atoms with van der Waals surface area (Å²) in [4.78, 5) is 11.0. The molecule has 1 aliphatic heterocycles. The first-order chi connectivity index (χ1) is 14.3. The number of rotatable bonds is 6. The third-order valence-electron chi connectivity index (χ3n) is 5.56. The van der Waals surface area contributed by atoms with E-state index in [0.29, 0.717) is 5.92 Å². The number of likely N-dealkylation sites (tertiary alicyclic amines) is 1. The first-order valence-corrected chi connectivity index (χ1v) is 10.3. The van der Waals surface area contributed by atoms with Gasteiger partial charge in [0, 0.05) is 45.6 Å². The third kappa shape index (κ3) is 6.08. The molecule has 1 fully saturated rings. The van der Waals surface area contributed by atoms with Crippen LogP contribution in [0.25, 0.3) is 0 Å². The Bertz CT molecular complexity index is 907. The zero-order valence-corrected chi connectivity index (χ0v) is 19.8. The molecule has 0 spiro atoms. The monoisotopic (exact) mass is 515 g/mol. The van der Waals surface area contributed by atoms with Crippen molar-refractivity contribution in [3.63, 3.8) is 0 Å². The molecule has 1 N–H and O–H groups in total. The third-order valence-corrected chi connectivity index (χ3v) is 5.56. The van der Waals surface area contributed by atoms with Gasteiger partial charge in [0.25, 0.3) is 0 Å². The Hall–Kier alpha value is -2.35. The second kappa shape index (κ2) is 11.2. The van der Waals surface area contributed by atoms with Crippen LogP contribution in [0.4, 0.5) is 0 Å². The molecule has 1 aromatic heterocycles. The van der Waals surface area contributed by atoms with Crippen molar-refractivity contribution in [1.29, 1.82) is 0 Å². The van der Waals surface area contributed by atoms with Gasteiger partial charge in [-0.15, -0.1) is 24.0 Å². The fourth-order valence-electron chi connectivity index (χ4n) is 4.01. The fraction of sp³-hybridized carbons (Fsp3) is 0.333. The van der Waals surface area contributed by atoms with E-state index in [1.54, 1.807) is 0 Å². The van der Waals surface area contributed by atoms with Crippen molar-refractivity contribution in [2.75, 3.05) is 20.1 Å². The number of halogens is 1. The average molecular weight is 515 g/mol. The fourth-order valence-corrected chi connectivity index (χ4v) is 4.01. The van der Waals surface area contributed by atoms with Crippen molar-refractivity contribution < 1.29 is 0 Å². The first-order valence-electron chi connectivity index (χ1n) is 10.3. The van der Waals surface area contributed by atoms with Gasteiger partial charge in [-0.3, -0.25) is 4.99 Å². The van der Waals surface area contributed by atoms with Gasteiger partial charge < -0.3 is 14.8 Å². The molecule has 3 aromatic rings. The minimum Gasteiger partial charge on any atom is -0.352 e. The lowest BCUT2D eigenvalue weighted by molar-refractivity contribution is 0.460. The maximum absolute atomic E-state index is 4.52. The number of aliphatic imine (C=N–C) groups is 1. The SMILES string of the molecule is CN=C(NCc1ccc(Cn2ccnc2)cc1)N1CCC(Cc2ccccc2)C1.I. The summed E-state index contributed by atoms with van der Waals surface area (Å²) in [6, 6.07) is 19.5. The Morgan fingerprint density at radius 2 is 1.83 bits per heavy atom. The van der Waals surface area contributed by atoms with Crippen LogP contribution in [-0.4, -0.2) is 40.5 Å². The molecule has 0 aliphatic carbocycles. The summed E-state index contributed by atoms with van der Waals surface area (Å²) in [5.41, 5.74) is 3.97. The number of nitrogens with one attached hydrogen (secondary N) is 1. The van der Waals surface area contributed by atoms with E-state index in [9.17, 15) is 0 Å². The molecule has 2 aromatic carbocycles. The standard InChI is InChI=1S/C24H29N5.HI/c1-25-24(29-13-11-23(18-29)15-20-5-3-2-4-6-20)27-16-21-7-9-22(10-8-21)17-28-14-12-26-19-28;/h2-10,12,14,19,23H,11,13,15-18H2,1H3,(H,25,27);1H. The highest BCUT2D eigenvalue weighted by Gasteiger charge is 2.24. The van der Waals surface area contributed by atoms with E-state index < -0.39 is 0 Å². The van der Waals surface area contributed by atoms with E-state index in [0.717, 1.165) is 38.6 Å². The number of guanidine groups is 1. The van der Waals surface area contributed by atoms with Crippen molar-refractivity contribution in [2.24, 2.45) is 10.9 Å². The van der Waals surface area contributed by atoms with Crippen molar-refractivity contribution in [3.8, 4) is 0 Å². The average Bonchev–Trinajstić information content (AvgIpc) is 3.43. The van der Waals surface area contributed by atoms with Gasteiger partial charge in [0.2, 0.25) is 0 Å². The summed E-state index contributed by atoms with van der Waals surface area (Å²) in [6.07, 6.45) is 8.01. The number of benzene rings is 2. The Labute approximate surface area is 196 Å². The van der Waals surface area contributed by atoms with Crippen LogP contribution in [0, 0.1) is 5.92 Å². The van der Waals surface area contributed by atoms with Gasteiger partial charge in [-0.2, -0.15) is 0 Å². The Kier molecular flexibility index (Phi) is 8.30. The zero-order chi connectivity index (χ0) is 19.9. The minimum atomic E-state index is 0. The van der Waals surface area contributed by atoms with Crippen LogP contribution in [-0.2, 0) is 19.5 Å². The van der Waals surface area contributed by atoms with Crippen molar-refractivity contribution >= 4 is 29.9 Å². The number of imidazole rings is 1. The number of aromatic nitrogens is 2. The second-order valence-electron chi connectivity index (χ2n) is 7.74. The van der Waals surface area contributed by atoms with Crippen LogP contribution in [0.15, 0.2) is 78.3 Å². The number of hydrogen-bond acceptors (Lipinski definition) is 2. The molecule has 5 nitrogen and oxygen atoms in total. The van der Waals surface area contributed by atoms with Crippen molar-refractivity contribution in [1.82, 2.24) is 19.8 Å². The maximum atomic E-state index is 4.52. The highest BCUT2D eigenvalue weighted by atomic mass is 127. The lowest BCUT2D eigenvalue weighted by atomic mass is 9.99. The molecule has 1 aliphatic rings. The van der Waals surface area contributed by atoms with Crippen molar-refractivity contribution in [3.05, 3.63) is 90.0 Å². The quantitative estimate of drug-likeness (QED) is 0.304. The molecule has 6 heteroatoms. The lowest BCUT2D eigenvalue weighted by Crippen LogP contribution is -2.39. The molecule has 2 heterocycles. The van der Waals surface area contributed by atoms with Gasteiger partial charge in [-0.05, 0) is 35.4 Å². The van der Waals surface area contributed by atoms with Gasteiger partial charge in [-0.25, -0.2) is 4.98 Å². The zero-order valence-electron chi connectivity index (χ0n) is 17.4. The Morgan fingerprint density at radius 3 is 2.53 bits per heavy atom. The van der Waals surface area contributed by atoms with Crippen LogP contribution in [0.2, 0.25) is 0 Å². The summed E-state index contributed by atoms with van der Waals surface area (Å²) in [5.74, 6) is 1.70.